The van der Waals surface area contributed by atoms with Crippen LogP contribution in [-0.2, 0) is 4.79 Å². The maximum absolute atomic E-state index is 13.4. The molecule has 0 bridgehead atoms. The van der Waals surface area contributed by atoms with E-state index in [0.29, 0.717) is 22.6 Å². The molecule has 0 unspecified atom stereocenters. The fraction of sp³-hybridized carbons (Fsp3) is 0.154. The van der Waals surface area contributed by atoms with Crippen LogP contribution in [0.4, 0.5) is 11.4 Å². The molecule has 4 rings (SSSR count). The third-order valence-corrected chi connectivity index (χ3v) is 5.55. The Labute approximate surface area is 187 Å². The van der Waals surface area contributed by atoms with Crippen molar-refractivity contribution in [3.05, 3.63) is 95.4 Å². The summed E-state index contributed by atoms with van der Waals surface area (Å²) in [7, 11) is 0. The summed E-state index contributed by atoms with van der Waals surface area (Å²) in [6.45, 7) is 4.85. The fourth-order valence-corrected chi connectivity index (χ4v) is 4.09. The predicted molar refractivity (Wildman–Crippen MR) is 130 cm³/mol. The van der Waals surface area contributed by atoms with E-state index < -0.39 is 0 Å². The molecule has 0 atom stereocenters. The first-order valence-corrected chi connectivity index (χ1v) is 11.1. The third-order valence-electron chi connectivity index (χ3n) is 4.58. The molecule has 0 N–H and O–H groups in total. The molecule has 1 fully saturated rings. The lowest BCUT2D eigenvalue weighted by molar-refractivity contribution is -0.113. The predicted octanol–water partition coefficient (Wildman–Crippen LogP) is 6.53. The molecule has 1 heterocycles. The summed E-state index contributed by atoms with van der Waals surface area (Å²) in [5.41, 5.74) is 2.48. The van der Waals surface area contributed by atoms with Crippen LogP contribution in [0.3, 0.4) is 0 Å². The molecule has 1 aliphatic heterocycles. The molecule has 0 aromatic heterocycles. The molecule has 1 saturated heterocycles. The maximum Gasteiger partial charge on any atom is 0.271 e. The van der Waals surface area contributed by atoms with Crippen LogP contribution in [-0.4, -0.2) is 17.7 Å². The molecular weight excluding hydrogens is 404 g/mol. The number of amides is 1. The number of anilines is 1. The summed E-state index contributed by atoms with van der Waals surface area (Å²) < 4.78 is 5.97. The molecule has 0 saturated carbocycles. The second-order valence-corrected chi connectivity index (χ2v) is 8.57. The van der Waals surface area contributed by atoms with Gasteiger partial charge in [0.05, 0.1) is 22.9 Å². The van der Waals surface area contributed by atoms with E-state index in [1.54, 1.807) is 4.90 Å². The van der Waals surface area contributed by atoms with Crippen molar-refractivity contribution in [1.29, 1.82) is 0 Å². The van der Waals surface area contributed by atoms with Crippen LogP contribution in [0.25, 0.3) is 6.08 Å². The molecular formula is C26H24N2O2S. The number of amidine groups is 1. The summed E-state index contributed by atoms with van der Waals surface area (Å²) in [4.78, 5) is 20.4. The minimum atomic E-state index is -0.0930. The monoisotopic (exact) mass is 428 g/mol. The van der Waals surface area contributed by atoms with Gasteiger partial charge in [-0.1, -0.05) is 68.4 Å². The van der Waals surface area contributed by atoms with E-state index in [1.807, 2.05) is 91.0 Å². The van der Waals surface area contributed by atoms with E-state index in [9.17, 15) is 4.79 Å². The number of nitrogens with zero attached hydrogens (tertiary/aromatic N) is 2. The van der Waals surface area contributed by atoms with Crippen molar-refractivity contribution in [3.8, 4) is 5.75 Å². The highest BCUT2D eigenvalue weighted by molar-refractivity contribution is 8.19. The van der Waals surface area contributed by atoms with Gasteiger partial charge in [0.2, 0.25) is 0 Å². The Morgan fingerprint density at radius 2 is 1.58 bits per heavy atom. The molecule has 31 heavy (non-hydrogen) atoms. The minimum Gasteiger partial charge on any atom is -0.493 e. The van der Waals surface area contributed by atoms with Crippen LogP contribution in [0.2, 0.25) is 0 Å². The quantitative estimate of drug-likeness (QED) is 0.419. The molecule has 3 aromatic carbocycles. The van der Waals surface area contributed by atoms with Crippen LogP contribution in [0, 0.1) is 5.92 Å². The van der Waals surface area contributed by atoms with E-state index in [1.165, 1.54) is 11.8 Å². The van der Waals surface area contributed by atoms with E-state index in [-0.39, 0.29) is 5.91 Å². The van der Waals surface area contributed by atoms with Crippen molar-refractivity contribution in [1.82, 2.24) is 0 Å². The van der Waals surface area contributed by atoms with Gasteiger partial charge in [-0.15, -0.1) is 0 Å². The number of hydrogen-bond acceptors (Lipinski definition) is 4. The molecule has 5 heteroatoms. The fourth-order valence-electron chi connectivity index (χ4n) is 3.10. The molecule has 1 amide bonds. The smallest absolute Gasteiger partial charge is 0.271 e. The Kier molecular flexibility index (Phi) is 6.53. The minimum absolute atomic E-state index is 0.0930. The van der Waals surface area contributed by atoms with Gasteiger partial charge in [0, 0.05) is 5.56 Å². The summed E-state index contributed by atoms with van der Waals surface area (Å²) in [5.74, 6) is 1.10. The number of carbonyl (C=O) groups excluding carboxylic acids is 1. The lowest BCUT2D eigenvalue weighted by Crippen LogP contribution is -2.28. The maximum atomic E-state index is 13.4. The zero-order valence-corrected chi connectivity index (χ0v) is 18.4. The number of hydrogen-bond donors (Lipinski definition) is 0. The van der Waals surface area contributed by atoms with Crippen molar-refractivity contribution < 1.29 is 9.53 Å². The van der Waals surface area contributed by atoms with Crippen molar-refractivity contribution in [3.63, 3.8) is 0 Å². The van der Waals surface area contributed by atoms with Gasteiger partial charge in [0.25, 0.3) is 5.91 Å². The van der Waals surface area contributed by atoms with Gasteiger partial charge in [-0.25, -0.2) is 4.99 Å². The second kappa shape index (κ2) is 9.67. The number of benzene rings is 3. The summed E-state index contributed by atoms with van der Waals surface area (Å²) >= 11 is 1.38. The summed E-state index contributed by atoms with van der Waals surface area (Å²) in [6, 6.07) is 27.1. The second-order valence-electron chi connectivity index (χ2n) is 7.56. The van der Waals surface area contributed by atoms with Crippen molar-refractivity contribution in [2.45, 2.75) is 13.8 Å². The van der Waals surface area contributed by atoms with Gasteiger partial charge in [-0.3, -0.25) is 9.69 Å². The third kappa shape index (κ3) is 5.06. The van der Waals surface area contributed by atoms with Crippen LogP contribution in [0.15, 0.2) is 94.8 Å². The van der Waals surface area contributed by atoms with Crippen molar-refractivity contribution >= 4 is 40.3 Å². The van der Waals surface area contributed by atoms with Gasteiger partial charge in [-0.05, 0) is 54.1 Å². The van der Waals surface area contributed by atoms with E-state index in [2.05, 4.69) is 13.8 Å². The van der Waals surface area contributed by atoms with Crippen molar-refractivity contribution in [2.75, 3.05) is 11.5 Å². The Bertz CT molecular complexity index is 1110. The Hall–Kier alpha value is -3.31. The Balaban J connectivity index is 1.72. The first-order valence-electron chi connectivity index (χ1n) is 10.3. The number of ether oxygens (including phenoxy) is 1. The zero-order valence-electron chi connectivity index (χ0n) is 17.6. The highest BCUT2D eigenvalue weighted by atomic mass is 32.2. The van der Waals surface area contributed by atoms with Crippen molar-refractivity contribution in [2.24, 2.45) is 10.9 Å². The lowest BCUT2D eigenvalue weighted by Gasteiger charge is -2.15. The number of carbonyl (C=O) groups is 1. The number of aliphatic imine (C=N–C) groups is 1. The molecule has 0 aliphatic carbocycles. The average molecular weight is 429 g/mol. The summed E-state index contributed by atoms with van der Waals surface area (Å²) in [6.07, 6.45) is 1.89. The largest absolute Gasteiger partial charge is 0.493 e. The van der Waals surface area contributed by atoms with E-state index in [4.69, 9.17) is 9.73 Å². The average Bonchev–Trinajstić information content (AvgIpc) is 3.09. The topological polar surface area (TPSA) is 41.9 Å². The molecule has 0 radical (unpaired) electrons. The number of para-hydroxylation sites is 3. The molecule has 4 nitrogen and oxygen atoms in total. The highest BCUT2D eigenvalue weighted by Gasteiger charge is 2.34. The van der Waals surface area contributed by atoms with Gasteiger partial charge in [0.1, 0.15) is 5.75 Å². The molecule has 3 aromatic rings. The highest BCUT2D eigenvalue weighted by Crippen LogP contribution is 2.38. The number of thioether (sulfide) groups is 1. The standard InChI is InChI=1S/C26H24N2O2S/c1-19(2)18-30-23-16-10-9-11-20(23)17-24-25(29)28(22-14-7-4-8-15-22)26(31-24)27-21-12-5-3-6-13-21/h3-17,19H,18H2,1-2H3/b24-17+,27-26?. The first-order chi connectivity index (χ1) is 15.1. The normalized spacial score (nSPS) is 16.5. The first kappa shape index (κ1) is 20.9. The molecule has 0 spiro atoms. The van der Waals surface area contributed by atoms with E-state index >= 15 is 0 Å². The Morgan fingerprint density at radius 3 is 2.29 bits per heavy atom. The van der Waals surface area contributed by atoms with Gasteiger partial charge >= 0.3 is 0 Å². The van der Waals surface area contributed by atoms with Gasteiger partial charge in [0.15, 0.2) is 5.17 Å². The lowest BCUT2D eigenvalue weighted by atomic mass is 10.1. The van der Waals surface area contributed by atoms with E-state index in [0.717, 1.165) is 22.7 Å². The van der Waals surface area contributed by atoms with Gasteiger partial charge < -0.3 is 4.74 Å². The molecule has 1 aliphatic rings. The Morgan fingerprint density at radius 1 is 0.935 bits per heavy atom. The van der Waals surface area contributed by atoms with Gasteiger partial charge in [-0.2, -0.15) is 0 Å². The van der Waals surface area contributed by atoms with Crippen LogP contribution in [0.1, 0.15) is 19.4 Å². The SMILES string of the molecule is CC(C)COc1ccccc1/C=C1/SC(=Nc2ccccc2)N(c2ccccc2)C1=O. The van der Waals surface area contributed by atoms with Crippen LogP contribution >= 0.6 is 11.8 Å². The molecule has 156 valence electrons. The summed E-state index contributed by atoms with van der Waals surface area (Å²) in [5, 5.41) is 0.634. The van der Waals surface area contributed by atoms with Crippen LogP contribution in [0.5, 0.6) is 5.75 Å². The zero-order chi connectivity index (χ0) is 21.6. The number of rotatable bonds is 6. The van der Waals surface area contributed by atoms with Crippen LogP contribution < -0.4 is 9.64 Å².